The molecule has 1 heterocycles. The number of amides is 3. The van der Waals surface area contributed by atoms with Crippen molar-refractivity contribution in [3.63, 3.8) is 0 Å². The van der Waals surface area contributed by atoms with Crippen LogP contribution in [0.1, 0.15) is 11.1 Å². The maximum atomic E-state index is 12.4. The van der Waals surface area contributed by atoms with Gasteiger partial charge in [-0.3, -0.25) is 4.79 Å². The number of carbonyl (C=O) groups is 2. The van der Waals surface area contributed by atoms with E-state index < -0.39 is 6.03 Å². The predicted molar refractivity (Wildman–Crippen MR) is 97.3 cm³/mol. The molecule has 3 rings (SSSR count). The number of hydrogen-bond donors (Lipinski definition) is 2. The van der Waals surface area contributed by atoms with Gasteiger partial charge in [0.1, 0.15) is 5.75 Å². The summed E-state index contributed by atoms with van der Waals surface area (Å²) >= 11 is 0. The van der Waals surface area contributed by atoms with E-state index in [2.05, 4.69) is 10.6 Å². The standard InChI is InChI=1S/C19H21N3O3/c1-13-7-8-17(25-2)15(11-13)21-19(24)20-12-18(23)22-10-9-14-5-3-4-6-16(14)22/h3-8,11H,9-10,12H2,1-2H3,(H2,20,21,24). The molecule has 0 saturated heterocycles. The number of aryl methyl sites for hydroxylation is 1. The highest BCUT2D eigenvalue weighted by atomic mass is 16.5. The van der Waals surface area contributed by atoms with Gasteiger partial charge in [0.05, 0.1) is 19.3 Å². The first-order valence-electron chi connectivity index (χ1n) is 8.16. The molecule has 0 aliphatic carbocycles. The zero-order chi connectivity index (χ0) is 17.8. The minimum absolute atomic E-state index is 0.0612. The Bertz CT molecular complexity index is 804. The number of nitrogens with one attached hydrogen (secondary N) is 2. The van der Waals surface area contributed by atoms with Gasteiger partial charge in [-0.1, -0.05) is 24.3 Å². The van der Waals surface area contributed by atoms with Crippen molar-refractivity contribution in [3.05, 3.63) is 53.6 Å². The molecule has 6 nitrogen and oxygen atoms in total. The molecule has 0 radical (unpaired) electrons. The van der Waals surface area contributed by atoms with Crippen molar-refractivity contribution in [1.82, 2.24) is 5.32 Å². The number of nitrogens with zero attached hydrogens (tertiary/aromatic N) is 1. The van der Waals surface area contributed by atoms with Crippen molar-refractivity contribution in [3.8, 4) is 5.75 Å². The summed E-state index contributed by atoms with van der Waals surface area (Å²) in [6.45, 7) is 2.51. The van der Waals surface area contributed by atoms with Crippen molar-refractivity contribution in [2.45, 2.75) is 13.3 Å². The summed E-state index contributed by atoms with van der Waals surface area (Å²) in [6, 6.07) is 12.9. The number of rotatable bonds is 4. The Balaban J connectivity index is 1.58. The van der Waals surface area contributed by atoms with Crippen LogP contribution in [0.3, 0.4) is 0 Å². The summed E-state index contributed by atoms with van der Waals surface area (Å²) in [5.41, 5.74) is 3.65. The predicted octanol–water partition coefficient (Wildman–Crippen LogP) is 2.71. The third-order valence-electron chi connectivity index (χ3n) is 4.19. The number of anilines is 2. The summed E-state index contributed by atoms with van der Waals surface area (Å²) in [7, 11) is 1.54. The molecule has 0 bridgehead atoms. The lowest BCUT2D eigenvalue weighted by atomic mass is 10.2. The van der Waals surface area contributed by atoms with Gasteiger partial charge in [0, 0.05) is 12.2 Å². The second-order valence-corrected chi connectivity index (χ2v) is 5.94. The van der Waals surface area contributed by atoms with Crippen LogP contribution in [0.15, 0.2) is 42.5 Å². The van der Waals surface area contributed by atoms with Crippen molar-refractivity contribution in [2.24, 2.45) is 0 Å². The van der Waals surface area contributed by atoms with Crippen LogP contribution >= 0.6 is 0 Å². The first-order chi connectivity index (χ1) is 12.1. The van der Waals surface area contributed by atoms with E-state index in [0.717, 1.165) is 23.2 Å². The monoisotopic (exact) mass is 339 g/mol. The average molecular weight is 339 g/mol. The Kier molecular flexibility index (Phi) is 4.88. The molecule has 0 unspecified atom stereocenters. The van der Waals surface area contributed by atoms with E-state index in [-0.39, 0.29) is 12.5 Å². The maximum Gasteiger partial charge on any atom is 0.319 e. The molecule has 25 heavy (non-hydrogen) atoms. The smallest absolute Gasteiger partial charge is 0.319 e. The van der Waals surface area contributed by atoms with Crippen molar-refractivity contribution >= 4 is 23.3 Å². The number of carbonyl (C=O) groups excluding carboxylic acids is 2. The number of hydrogen-bond acceptors (Lipinski definition) is 3. The summed E-state index contributed by atoms with van der Waals surface area (Å²) in [5.74, 6) is 0.442. The molecular weight excluding hydrogens is 318 g/mol. The Morgan fingerprint density at radius 2 is 2.00 bits per heavy atom. The third-order valence-corrected chi connectivity index (χ3v) is 4.19. The highest BCUT2D eigenvalue weighted by molar-refractivity contribution is 6.00. The summed E-state index contributed by atoms with van der Waals surface area (Å²) in [6.07, 6.45) is 0.842. The van der Waals surface area contributed by atoms with Crippen LogP contribution in [0.4, 0.5) is 16.2 Å². The largest absolute Gasteiger partial charge is 0.495 e. The van der Waals surface area contributed by atoms with Crippen LogP contribution < -0.4 is 20.3 Å². The quantitative estimate of drug-likeness (QED) is 0.900. The minimum Gasteiger partial charge on any atom is -0.495 e. The lowest BCUT2D eigenvalue weighted by Gasteiger charge is -2.18. The molecule has 0 fully saturated rings. The normalized spacial score (nSPS) is 12.5. The Morgan fingerprint density at radius 3 is 2.80 bits per heavy atom. The summed E-state index contributed by atoms with van der Waals surface area (Å²) in [5, 5.41) is 5.33. The average Bonchev–Trinajstić information content (AvgIpc) is 3.04. The van der Waals surface area contributed by atoms with Gasteiger partial charge in [0.2, 0.25) is 5.91 Å². The van der Waals surface area contributed by atoms with Gasteiger partial charge in [-0.15, -0.1) is 0 Å². The van der Waals surface area contributed by atoms with Gasteiger partial charge in [-0.2, -0.15) is 0 Å². The Labute approximate surface area is 146 Å². The highest BCUT2D eigenvalue weighted by Gasteiger charge is 2.24. The lowest BCUT2D eigenvalue weighted by molar-refractivity contribution is -0.117. The lowest BCUT2D eigenvalue weighted by Crippen LogP contribution is -2.41. The molecule has 3 amide bonds. The van der Waals surface area contributed by atoms with E-state index in [0.29, 0.717) is 18.0 Å². The molecule has 2 aromatic rings. The van der Waals surface area contributed by atoms with Crippen molar-refractivity contribution in [2.75, 3.05) is 30.4 Å². The van der Waals surface area contributed by atoms with E-state index in [1.165, 1.54) is 0 Å². The van der Waals surface area contributed by atoms with Crippen LogP contribution in [0.5, 0.6) is 5.75 Å². The van der Waals surface area contributed by atoms with Gasteiger partial charge in [-0.05, 0) is 42.7 Å². The molecule has 1 aliphatic heterocycles. The minimum atomic E-state index is -0.440. The van der Waals surface area contributed by atoms with E-state index in [9.17, 15) is 9.59 Å². The van der Waals surface area contributed by atoms with Crippen LogP contribution in [0.2, 0.25) is 0 Å². The summed E-state index contributed by atoms with van der Waals surface area (Å²) < 4.78 is 5.23. The number of fused-ring (bicyclic) bond motifs is 1. The molecule has 0 saturated carbocycles. The second kappa shape index (κ2) is 7.25. The topological polar surface area (TPSA) is 70.7 Å². The van der Waals surface area contributed by atoms with Gasteiger partial charge in [0.15, 0.2) is 0 Å². The van der Waals surface area contributed by atoms with Gasteiger partial charge >= 0.3 is 6.03 Å². The molecule has 1 aliphatic rings. The van der Waals surface area contributed by atoms with Crippen molar-refractivity contribution in [1.29, 1.82) is 0 Å². The number of urea groups is 1. The first kappa shape index (κ1) is 16.8. The van der Waals surface area contributed by atoms with E-state index in [4.69, 9.17) is 4.74 Å². The first-order valence-corrected chi connectivity index (χ1v) is 8.16. The number of para-hydroxylation sites is 1. The molecule has 2 N–H and O–H groups in total. The van der Waals surface area contributed by atoms with Gasteiger partial charge < -0.3 is 20.3 Å². The van der Waals surface area contributed by atoms with Crippen LogP contribution in [-0.4, -0.2) is 32.1 Å². The molecular formula is C19H21N3O3. The van der Waals surface area contributed by atoms with Gasteiger partial charge in [0.25, 0.3) is 0 Å². The van der Waals surface area contributed by atoms with Gasteiger partial charge in [-0.25, -0.2) is 4.79 Å². The molecule has 2 aromatic carbocycles. The Morgan fingerprint density at radius 1 is 1.20 bits per heavy atom. The third kappa shape index (κ3) is 3.74. The number of methoxy groups -OCH3 is 1. The van der Waals surface area contributed by atoms with Crippen LogP contribution in [0.25, 0.3) is 0 Å². The van der Waals surface area contributed by atoms with Crippen molar-refractivity contribution < 1.29 is 14.3 Å². The molecule has 0 atom stereocenters. The van der Waals surface area contributed by atoms with E-state index >= 15 is 0 Å². The zero-order valence-corrected chi connectivity index (χ0v) is 14.3. The fourth-order valence-corrected chi connectivity index (χ4v) is 2.93. The van der Waals surface area contributed by atoms with E-state index in [1.54, 1.807) is 18.1 Å². The molecule has 130 valence electrons. The van der Waals surface area contributed by atoms with Crippen LogP contribution in [0, 0.1) is 6.92 Å². The molecule has 6 heteroatoms. The fourth-order valence-electron chi connectivity index (χ4n) is 2.93. The second-order valence-electron chi connectivity index (χ2n) is 5.94. The van der Waals surface area contributed by atoms with E-state index in [1.807, 2.05) is 43.3 Å². The SMILES string of the molecule is COc1ccc(C)cc1NC(=O)NCC(=O)N1CCc2ccccc21. The summed E-state index contributed by atoms with van der Waals surface area (Å²) in [4.78, 5) is 26.2. The number of ether oxygens (including phenoxy) is 1. The number of benzene rings is 2. The molecule has 0 spiro atoms. The Hall–Kier alpha value is -3.02. The van der Waals surface area contributed by atoms with Crippen LogP contribution in [-0.2, 0) is 11.2 Å². The zero-order valence-electron chi connectivity index (χ0n) is 14.3. The highest BCUT2D eigenvalue weighted by Crippen LogP contribution is 2.27. The fraction of sp³-hybridized carbons (Fsp3) is 0.263. The maximum absolute atomic E-state index is 12.4. The molecule has 0 aromatic heterocycles.